The zero-order valence-corrected chi connectivity index (χ0v) is 21.2. The van der Waals surface area contributed by atoms with Crippen molar-refractivity contribution in [3.8, 4) is 5.75 Å². The second-order valence-corrected chi connectivity index (χ2v) is 10.5. The summed E-state index contributed by atoms with van der Waals surface area (Å²) >= 11 is 0. The minimum atomic E-state index is -4.26. The Balaban J connectivity index is 1.45. The molecule has 10 heteroatoms. The maximum absolute atomic E-state index is 14.6. The number of anilines is 1. The van der Waals surface area contributed by atoms with Gasteiger partial charge in [0.2, 0.25) is 11.8 Å². The lowest BCUT2D eigenvalue weighted by molar-refractivity contribution is -0.128. The predicted octanol–water partition coefficient (Wildman–Crippen LogP) is 3.47. The molecule has 0 atom stereocenters. The summed E-state index contributed by atoms with van der Waals surface area (Å²) in [6.45, 7) is 0.862. The van der Waals surface area contributed by atoms with E-state index in [2.05, 4.69) is 5.32 Å². The minimum absolute atomic E-state index is 0.101. The molecule has 0 aromatic heterocycles. The second kappa shape index (κ2) is 11.4. The van der Waals surface area contributed by atoms with E-state index in [0.717, 1.165) is 34.5 Å². The molecule has 2 amide bonds. The number of ether oxygens (including phenoxy) is 1. The number of para-hydroxylation sites is 1. The summed E-state index contributed by atoms with van der Waals surface area (Å²) in [5.41, 5.74) is 1.57. The molecule has 3 aromatic rings. The van der Waals surface area contributed by atoms with Crippen molar-refractivity contribution in [2.75, 3.05) is 24.5 Å². The molecule has 4 rings (SSSR count). The summed E-state index contributed by atoms with van der Waals surface area (Å²) in [6, 6.07) is 18.5. The average molecular weight is 526 g/mol. The fourth-order valence-corrected chi connectivity index (χ4v) is 5.50. The van der Waals surface area contributed by atoms with Gasteiger partial charge in [0.05, 0.1) is 17.7 Å². The first kappa shape index (κ1) is 26.2. The number of carbonyl (C=O) groups is 2. The summed E-state index contributed by atoms with van der Waals surface area (Å²) in [5.74, 6) is -0.737. The molecule has 1 fully saturated rings. The second-order valence-electron chi connectivity index (χ2n) is 8.65. The highest BCUT2D eigenvalue weighted by Gasteiger charge is 2.29. The van der Waals surface area contributed by atoms with Crippen molar-refractivity contribution >= 4 is 27.5 Å². The van der Waals surface area contributed by atoms with Crippen LogP contribution in [-0.4, -0.2) is 45.3 Å². The van der Waals surface area contributed by atoms with E-state index in [1.807, 2.05) is 29.2 Å². The number of likely N-dealkylation sites (tertiary alicyclic amines) is 1. The number of amides is 2. The summed E-state index contributed by atoms with van der Waals surface area (Å²) in [6.07, 6.45) is 1.46. The zero-order valence-electron chi connectivity index (χ0n) is 20.4. The number of carbonyl (C=O) groups excluding carboxylic acids is 2. The van der Waals surface area contributed by atoms with Gasteiger partial charge < -0.3 is 15.0 Å². The minimum Gasteiger partial charge on any atom is -0.497 e. The molecular formula is C27H28FN3O5S. The molecule has 0 saturated carbocycles. The van der Waals surface area contributed by atoms with E-state index in [1.165, 1.54) is 49.6 Å². The monoisotopic (exact) mass is 525 g/mol. The molecular weight excluding hydrogens is 497 g/mol. The first-order valence-corrected chi connectivity index (χ1v) is 13.3. The van der Waals surface area contributed by atoms with Gasteiger partial charge in [-0.15, -0.1) is 0 Å². The van der Waals surface area contributed by atoms with Gasteiger partial charge in [-0.3, -0.25) is 13.9 Å². The summed E-state index contributed by atoms with van der Waals surface area (Å²) in [7, 11) is -2.80. The Kier molecular flexibility index (Phi) is 8.08. The Bertz CT molecular complexity index is 1360. The van der Waals surface area contributed by atoms with Crippen molar-refractivity contribution in [3.05, 3.63) is 89.7 Å². The number of hydrogen-bond acceptors (Lipinski definition) is 5. The number of nitrogens with one attached hydrogen (secondary N) is 1. The Hall–Kier alpha value is -3.92. The Labute approximate surface area is 215 Å². The third kappa shape index (κ3) is 6.26. The van der Waals surface area contributed by atoms with Crippen LogP contribution in [-0.2, 0) is 32.7 Å². The lowest BCUT2D eigenvalue weighted by atomic mass is 10.1. The van der Waals surface area contributed by atoms with Crippen LogP contribution >= 0.6 is 0 Å². The molecule has 194 valence electrons. The van der Waals surface area contributed by atoms with Gasteiger partial charge >= 0.3 is 0 Å². The predicted molar refractivity (Wildman–Crippen MR) is 137 cm³/mol. The Morgan fingerprint density at radius 2 is 1.70 bits per heavy atom. The van der Waals surface area contributed by atoms with Crippen LogP contribution in [0.5, 0.6) is 5.75 Å². The van der Waals surface area contributed by atoms with Gasteiger partial charge in [-0.2, -0.15) is 0 Å². The zero-order chi connectivity index (χ0) is 26.4. The maximum atomic E-state index is 14.6. The fourth-order valence-electron chi connectivity index (χ4n) is 4.07. The van der Waals surface area contributed by atoms with Crippen LogP contribution in [0, 0.1) is 5.82 Å². The summed E-state index contributed by atoms with van der Waals surface area (Å²) in [4.78, 5) is 26.4. The third-order valence-corrected chi connectivity index (χ3v) is 7.89. The maximum Gasteiger partial charge on any atom is 0.264 e. The number of rotatable bonds is 10. The molecule has 1 aliphatic heterocycles. The number of hydrogen-bond donors (Lipinski definition) is 1. The molecule has 1 heterocycles. The summed E-state index contributed by atoms with van der Waals surface area (Å²) in [5, 5.41) is 2.71. The van der Waals surface area contributed by atoms with E-state index in [0.29, 0.717) is 18.7 Å². The molecule has 1 saturated heterocycles. The highest BCUT2D eigenvalue weighted by atomic mass is 32.2. The van der Waals surface area contributed by atoms with Crippen molar-refractivity contribution < 1.29 is 27.1 Å². The molecule has 0 radical (unpaired) electrons. The van der Waals surface area contributed by atoms with Gasteiger partial charge in [-0.05, 0) is 53.9 Å². The fraction of sp³-hybridized carbons (Fsp3) is 0.259. The van der Waals surface area contributed by atoms with Crippen LogP contribution in [0.25, 0.3) is 0 Å². The van der Waals surface area contributed by atoms with Gasteiger partial charge in [0, 0.05) is 26.1 Å². The van der Waals surface area contributed by atoms with Crippen molar-refractivity contribution in [3.63, 3.8) is 0 Å². The lowest BCUT2D eigenvalue weighted by Crippen LogP contribution is -2.41. The molecule has 0 bridgehead atoms. The van der Waals surface area contributed by atoms with Crippen LogP contribution in [0.1, 0.15) is 24.0 Å². The van der Waals surface area contributed by atoms with E-state index < -0.39 is 28.3 Å². The van der Waals surface area contributed by atoms with Crippen LogP contribution < -0.4 is 14.4 Å². The van der Waals surface area contributed by atoms with E-state index in [1.54, 1.807) is 0 Å². The number of halogens is 1. The molecule has 0 unspecified atom stereocenters. The lowest BCUT2D eigenvalue weighted by Gasteiger charge is -2.24. The molecule has 3 aromatic carbocycles. The van der Waals surface area contributed by atoms with Crippen LogP contribution in [0.4, 0.5) is 10.1 Å². The van der Waals surface area contributed by atoms with Gasteiger partial charge in [0.1, 0.15) is 18.1 Å². The van der Waals surface area contributed by atoms with Crippen LogP contribution in [0.15, 0.2) is 77.7 Å². The van der Waals surface area contributed by atoms with E-state index in [4.69, 9.17) is 4.74 Å². The van der Waals surface area contributed by atoms with Crippen LogP contribution in [0.3, 0.4) is 0 Å². The van der Waals surface area contributed by atoms with Crippen LogP contribution in [0.2, 0.25) is 0 Å². The molecule has 0 spiro atoms. The van der Waals surface area contributed by atoms with Crippen molar-refractivity contribution in [1.82, 2.24) is 10.2 Å². The number of sulfonamides is 1. The van der Waals surface area contributed by atoms with E-state index in [9.17, 15) is 22.4 Å². The first-order valence-electron chi connectivity index (χ1n) is 11.8. The van der Waals surface area contributed by atoms with Crippen molar-refractivity contribution in [2.24, 2.45) is 0 Å². The highest BCUT2D eigenvalue weighted by Crippen LogP contribution is 2.27. The van der Waals surface area contributed by atoms with Crippen molar-refractivity contribution in [2.45, 2.75) is 30.8 Å². The Morgan fingerprint density at radius 1 is 1.03 bits per heavy atom. The topological polar surface area (TPSA) is 96.0 Å². The van der Waals surface area contributed by atoms with Gasteiger partial charge in [0.25, 0.3) is 10.0 Å². The third-order valence-electron chi connectivity index (χ3n) is 6.11. The van der Waals surface area contributed by atoms with Crippen molar-refractivity contribution in [1.29, 1.82) is 0 Å². The van der Waals surface area contributed by atoms with E-state index >= 15 is 0 Å². The molecule has 1 N–H and O–H groups in total. The quantitative estimate of drug-likeness (QED) is 0.437. The average Bonchev–Trinajstić information content (AvgIpc) is 3.31. The summed E-state index contributed by atoms with van der Waals surface area (Å²) < 4.78 is 47.3. The van der Waals surface area contributed by atoms with E-state index in [-0.39, 0.29) is 23.0 Å². The standard InChI is InChI=1S/C27H28FN3O5S/c1-36-22-12-14-23(15-13-22)37(34,35)31(25-6-3-2-5-24(25)28)19-26(32)29-17-20-8-10-21(11-9-20)18-30-16-4-7-27(30)33/h2-3,5-6,8-15H,4,7,16-19H2,1H3,(H,29,32). The number of methoxy groups -OCH3 is 1. The SMILES string of the molecule is COc1ccc(S(=O)(=O)N(CC(=O)NCc2ccc(CN3CCCC3=O)cc2)c2ccccc2F)cc1. The largest absolute Gasteiger partial charge is 0.497 e. The van der Waals surface area contributed by atoms with Gasteiger partial charge in [0.15, 0.2) is 0 Å². The van der Waals surface area contributed by atoms with Gasteiger partial charge in [-0.1, -0.05) is 36.4 Å². The first-order chi connectivity index (χ1) is 17.8. The molecule has 0 aliphatic carbocycles. The van der Waals surface area contributed by atoms with Gasteiger partial charge in [-0.25, -0.2) is 12.8 Å². The molecule has 37 heavy (non-hydrogen) atoms. The number of benzene rings is 3. The Morgan fingerprint density at radius 3 is 2.32 bits per heavy atom. The molecule has 8 nitrogen and oxygen atoms in total. The highest BCUT2D eigenvalue weighted by molar-refractivity contribution is 7.92. The molecule has 1 aliphatic rings. The smallest absolute Gasteiger partial charge is 0.264 e. The number of nitrogens with zero attached hydrogens (tertiary/aromatic N) is 2. The normalized spacial score (nSPS) is 13.5.